The summed E-state index contributed by atoms with van der Waals surface area (Å²) in [6, 6.07) is 13.0. The summed E-state index contributed by atoms with van der Waals surface area (Å²) >= 11 is 7.13. The number of para-hydroxylation sites is 1. The number of nitro benzene ring substituents is 1. The summed E-state index contributed by atoms with van der Waals surface area (Å²) in [5.41, 5.74) is 1.10. The SMILES string of the molecule is O=C(Nc1ccccc1)c1cc([N+](=O)[O-])ccc1NCc1cnc(Cl)s1. The molecule has 1 amide bonds. The van der Waals surface area contributed by atoms with Crippen LogP contribution in [0.5, 0.6) is 0 Å². The van der Waals surface area contributed by atoms with Gasteiger partial charge in [-0.15, -0.1) is 11.3 Å². The fraction of sp³-hybridized carbons (Fsp3) is 0.0588. The molecule has 3 aromatic rings. The predicted molar refractivity (Wildman–Crippen MR) is 102 cm³/mol. The lowest BCUT2D eigenvalue weighted by Crippen LogP contribution is -2.15. The molecule has 3 rings (SSSR count). The van der Waals surface area contributed by atoms with Crippen LogP contribution in [0.3, 0.4) is 0 Å². The Hall–Kier alpha value is -2.97. The van der Waals surface area contributed by atoms with Crippen LogP contribution in [0.2, 0.25) is 4.47 Å². The van der Waals surface area contributed by atoms with E-state index in [-0.39, 0.29) is 11.3 Å². The third-order valence-electron chi connectivity index (χ3n) is 3.47. The van der Waals surface area contributed by atoms with Gasteiger partial charge in [0, 0.05) is 34.6 Å². The number of nitro groups is 1. The van der Waals surface area contributed by atoms with Crippen molar-refractivity contribution >= 4 is 45.9 Å². The first-order valence-corrected chi connectivity index (χ1v) is 8.71. The first-order chi connectivity index (χ1) is 12.5. The van der Waals surface area contributed by atoms with Crippen molar-refractivity contribution in [1.82, 2.24) is 4.98 Å². The number of nitrogens with zero attached hydrogens (tertiary/aromatic N) is 2. The quantitative estimate of drug-likeness (QED) is 0.476. The number of anilines is 2. The van der Waals surface area contributed by atoms with Crippen LogP contribution < -0.4 is 10.6 Å². The van der Waals surface area contributed by atoms with Gasteiger partial charge in [-0.05, 0) is 18.2 Å². The van der Waals surface area contributed by atoms with Crippen LogP contribution in [0.1, 0.15) is 15.2 Å². The van der Waals surface area contributed by atoms with Crippen LogP contribution in [0, 0.1) is 10.1 Å². The molecule has 1 heterocycles. The third kappa shape index (κ3) is 4.35. The minimum Gasteiger partial charge on any atom is -0.379 e. The Morgan fingerprint density at radius 3 is 2.65 bits per heavy atom. The van der Waals surface area contributed by atoms with Gasteiger partial charge in [-0.3, -0.25) is 14.9 Å². The summed E-state index contributed by atoms with van der Waals surface area (Å²) in [5, 5.41) is 16.9. The number of aromatic nitrogens is 1. The molecule has 0 unspecified atom stereocenters. The molecule has 7 nitrogen and oxygen atoms in total. The number of rotatable bonds is 6. The monoisotopic (exact) mass is 388 g/mol. The molecule has 0 atom stereocenters. The minimum absolute atomic E-state index is 0.158. The summed E-state index contributed by atoms with van der Waals surface area (Å²) < 4.78 is 0.424. The summed E-state index contributed by atoms with van der Waals surface area (Å²) in [4.78, 5) is 28.0. The zero-order valence-electron chi connectivity index (χ0n) is 13.3. The van der Waals surface area contributed by atoms with E-state index < -0.39 is 10.8 Å². The molecule has 0 bridgehead atoms. The highest BCUT2D eigenvalue weighted by Gasteiger charge is 2.17. The molecule has 9 heteroatoms. The second-order valence-electron chi connectivity index (χ2n) is 5.24. The number of amides is 1. The van der Waals surface area contributed by atoms with Crippen LogP contribution in [0.4, 0.5) is 17.1 Å². The Bertz CT molecular complexity index is 946. The van der Waals surface area contributed by atoms with Gasteiger partial charge in [0.05, 0.1) is 17.0 Å². The van der Waals surface area contributed by atoms with E-state index in [1.807, 2.05) is 6.07 Å². The van der Waals surface area contributed by atoms with E-state index in [1.54, 1.807) is 30.5 Å². The van der Waals surface area contributed by atoms with Crippen molar-refractivity contribution in [2.24, 2.45) is 0 Å². The van der Waals surface area contributed by atoms with Crippen LogP contribution in [0.15, 0.2) is 54.7 Å². The van der Waals surface area contributed by atoms with Gasteiger partial charge in [-0.25, -0.2) is 4.98 Å². The Morgan fingerprint density at radius 1 is 1.23 bits per heavy atom. The van der Waals surface area contributed by atoms with Crippen molar-refractivity contribution in [1.29, 1.82) is 0 Å². The number of nitrogens with one attached hydrogen (secondary N) is 2. The maximum atomic E-state index is 12.6. The number of carbonyl (C=O) groups is 1. The smallest absolute Gasteiger partial charge is 0.270 e. The van der Waals surface area contributed by atoms with Gasteiger partial charge in [0.15, 0.2) is 4.47 Å². The molecule has 0 aliphatic rings. The zero-order chi connectivity index (χ0) is 18.5. The van der Waals surface area contributed by atoms with E-state index in [9.17, 15) is 14.9 Å². The molecule has 132 valence electrons. The molecular formula is C17H13ClN4O3S. The first-order valence-electron chi connectivity index (χ1n) is 7.52. The standard InChI is InChI=1S/C17H13ClN4O3S/c18-17-20-10-13(26-17)9-19-15-7-6-12(22(24)25)8-14(15)16(23)21-11-4-2-1-3-5-11/h1-8,10,19H,9H2,(H,21,23). The number of hydrogen-bond donors (Lipinski definition) is 2. The van der Waals surface area contributed by atoms with E-state index in [2.05, 4.69) is 15.6 Å². The maximum absolute atomic E-state index is 12.6. The molecule has 0 radical (unpaired) electrons. The Balaban J connectivity index is 1.85. The van der Waals surface area contributed by atoms with E-state index in [0.29, 0.717) is 22.4 Å². The molecule has 0 fully saturated rings. The fourth-order valence-electron chi connectivity index (χ4n) is 2.26. The van der Waals surface area contributed by atoms with Gasteiger partial charge in [0.25, 0.3) is 11.6 Å². The van der Waals surface area contributed by atoms with Gasteiger partial charge in [0.1, 0.15) is 0 Å². The summed E-state index contributed by atoms with van der Waals surface area (Å²) in [5.74, 6) is -0.440. The van der Waals surface area contributed by atoms with Gasteiger partial charge in [-0.2, -0.15) is 0 Å². The van der Waals surface area contributed by atoms with Crippen LogP contribution in [-0.2, 0) is 6.54 Å². The number of halogens is 1. The molecule has 0 saturated heterocycles. The molecular weight excluding hydrogens is 376 g/mol. The molecule has 0 saturated carbocycles. The number of carbonyl (C=O) groups excluding carboxylic acids is 1. The third-order valence-corrected chi connectivity index (χ3v) is 4.58. The average Bonchev–Trinajstić information content (AvgIpc) is 3.06. The molecule has 1 aromatic heterocycles. The lowest BCUT2D eigenvalue weighted by Gasteiger charge is -2.12. The second-order valence-corrected chi connectivity index (χ2v) is 6.94. The lowest BCUT2D eigenvalue weighted by molar-refractivity contribution is -0.384. The molecule has 2 aromatic carbocycles. The minimum atomic E-state index is -0.536. The summed E-state index contributed by atoms with van der Waals surface area (Å²) in [7, 11) is 0. The number of non-ortho nitro benzene ring substituents is 1. The van der Waals surface area contributed by atoms with E-state index in [1.165, 1.54) is 29.5 Å². The number of benzene rings is 2. The molecule has 0 spiro atoms. The van der Waals surface area contributed by atoms with Gasteiger partial charge >= 0.3 is 0 Å². The van der Waals surface area contributed by atoms with E-state index >= 15 is 0 Å². The van der Waals surface area contributed by atoms with E-state index in [4.69, 9.17) is 11.6 Å². The first kappa shape index (κ1) is 17.8. The lowest BCUT2D eigenvalue weighted by atomic mass is 10.1. The maximum Gasteiger partial charge on any atom is 0.270 e. The number of hydrogen-bond acceptors (Lipinski definition) is 6. The topological polar surface area (TPSA) is 97.2 Å². The molecule has 0 aliphatic heterocycles. The van der Waals surface area contributed by atoms with Gasteiger partial charge in [-0.1, -0.05) is 29.8 Å². The van der Waals surface area contributed by atoms with Crippen molar-refractivity contribution in [3.63, 3.8) is 0 Å². The second kappa shape index (κ2) is 7.94. The summed E-state index contributed by atoms with van der Waals surface area (Å²) in [6.07, 6.45) is 1.63. The highest BCUT2D eigenvalue weighted by molar-refractivity contribution is 7.15. The molecule has 0 aliphatic carbocycles. The largest absolute Gasteiger partial charge is 0.379 e. The number of thiazole rings is 1. The average molecular weight is 389 g/mol. The predicted octanol–water partition coefficient (Wildman–Crippen LogP) is 4.57. The fourth-order valence-corrected chi connectivity index (χ4v) is 3.17. The Morgan fingerprint density at radius 2 is 2.00 bits per heavy atom. The Labute approximate surface area is 157 Å². The van der Waals surface area contributed by atoms with Crippen molar-refractivity contribution in [2.45, 2.75) is 6.54 Å². The normalized spacial score (nSPS) is 10.3. The van der Waals surface area contributed by atoms with Gasteiger partial charge in [0.2, 0.25) is 0 Å². The van der Waals surface area contributed by atoms with Crippen molar-refractivity contribution in [2.75, 3.05) is 10.6 Å². The van der Waals surface area contributed by atoms with Crippen molar-refractivity contribution in [3.05, 3.63) is 79.7 Å². The van der Waals surface area contributed by atoms with E-state index in [0.717, 1.165) is 4.88 Å². The van der Waals surface area contributed by atoms with Crippen LogP contribution >= 0.6 is 22.9 Å². The van der Waals surface area contributed by atoms with Crippen molar-refractivity contribution < 1.29 is 9.72 Å². The van der Waals surface area contributed by atoms with Crippen LogP contribution in [0.25, 0.3) is 0 Å². The molecule has 2 N–H and O–H groups in total. The molecule has 26 heavy (non-hydrogen) atoms. The Kier molecular flexibility index (Phi) is 5.45. The van der Waals surface area contributed by atoms with Crippen molar-refractivity contribution in [3.8, 4) is 0 Å². The van der Waals surface area contributed by atoms with Crippen LogP contribution in [-0.4, -0.2) is 15.8 Å². The summed E-state index contributed by atoms with van der Waals surface area (Å²) in [6.45, 7) is 0.397. The van der Waals surface area contributed by atoms with Gasteiger partial charge < -0.3 is 10.6 Å². The highest BCUT2D eigenvalue weighted by Crippen LogP contribution is 2.25. The highest BCUT2D eigenvalue weighted by atomic mass is 35.5. The zero-order valence-corrected chi connectivity index (χ0v) is 14.9.